The Balaban J connectivity index is 1.29. The van der Waals surface area contributed by atoms with E-state index in [4.69, 9.17) is 5.26 Å². The number of likely N-dealkylation sites (tertiary alicyclic amines) is 1. The maximum Gasteiger partial charge on any atom is 0.158 e. The first kappa shape index (κ1) is 19.5. The fraction of sp³-hybridized carbons (Fsp3) is 0.391. The Morgan fingerprint density at radius 2 is 1.81 bits per heavy atom. The molecule has 3 aromatic rings. The van der Waals surface area contributed by atoms with Gasteiger partial charge in [0.05, 0.1) is 18.6 Å². The minimum atomic E-state index is 0.289. The fourth-order valence-corrected chi connectivity index (χ4v) is 4.62. The largest absolute Gasteiger partial charge is 0.371 e. The summed E-state index contributed by atoms with van der Waals surface area (Å²) in [5.41, 5.74) is 3.12. The quantitative estimate of drug-likeness (QED) is 0.702. The van der Waals surface area contributed by atoms with Gasteiger partial charge in [0, 0.05) is 24.5 Å². The highest BCUT2D eigenvalue weighted by Gasteiger charge is 2.40. The van der Waals surface area contributed by atoms with Crippen molar-refractivity contribution < 1.29 is 0 Å². The summed E-state index contributed by atoms with van der Waals surface area (Å²) in [6, 6.07) is 10.6. The van der Waals surface area contributed by atoms with Crippen LogP contribution in [0.4, 0.5) is 17.3 Å². The van der Waals surface area contributed by atoms with Crippen LogP contribution in [0.5, 0.6) is 0 Å². The zero-order chi connectivity index (χ0) is 21.3. The van der Waals surface area contributed by atoms with Gasteiger partial charge in [-0.2, -0.15) is 5.26 Å². The highest BCUT2D eigenvalue weighted by atomic mass is 15.2. The van der Waals surface area contributed by atoms with Crippen molar-refractivity contribution in [3.05, 3.63) is 54.9 Å². The van der Waals surface area contributed by atoms with Gasteiger partial charge in [-0.05, 0) is 63.0 Å². The Labute approximate surface area is 182 Å². The second kappa shape index (κ2) is 8.00. The maximum atomic E-state index is 8.84. The maximum absolute atomic E-state index is 8.84. The van der Waals surface area contributed by atoms with Crippen LogP contribution in [-0.2, 0) is 0 Å². The molecule has 1 aromatic carbocycles. The predicted octanol–water partition coefficient (Wildman–Crippen LogP) is 3.20. The fourth-order valence-electron chi connectivity index (χ4n) is 4.62. The van der Waals surface area contributed by atoms with Crippen LogP contribution >= 0.6 is 0 Å². The summed E-state index contributed by atoms with van der Waals surface area (Å²) >= 11 is 0. The lowest BCUT2D eigenvalue weighted by atomic mass is 9.78. The molecule has 1 spiro atoms. The number of imidazole rings is 1. The lowest BCUT2D eigenvalue weighted by molar-refractivity contribution is 0.142. The third kappa shape index (κ3) is 4.09. The second-order valence-corrected chi connectivity index (χ2v) is 8.68. The number of hydrogen-bond donors (Lipinski definition) is 1. The molecule has 0 unspecified atom stereocenters. The van der Waals surface area contributed by atoms with Crippen molar-refractivity contribution in [1.29, 1.82) is 5.26 Å². The van der Waals surface area contributed by atoms with Crippen molar-refractivity contribution in [2.75, 3.05) is 43.4 Å². The molecule has 2 aliphatic heterocycles. The molecule has 158 valence electrons. The Kier molecular flexibility index (Phi) is 5.04. The summed E-state index contributed by atoms with van der Waals surface area (Å²) in [6.07, 6.45) is 10.6. The zero-order valence-corrected chi connectivity index (χ0v) is 17.7. The molecule has 4 heterocycles. The standard InChI is InChI=1S/C23H26N8/c1-29-8-5-23(6-9-29)7-10-30(16-23)19-3-2-4-20(11-19)31-15-22(27-17-31)28-21-14-25-18(12-24)13-26-21/h2-4,11,13-15,17H,5-10,16H2,1H3,(H,26,28). The van der Waals surface area contributed by atoms with Gasteiger partial charge in [-0.25, -0.2) is 15.0 Å². The number of nitriles is 1. The molecule has 0 amide bonds. The molecular formula is C23H26N8. The van der Waals surface area contributed by atoms with Gasteiger partial charge in [0.2, 0.25) is 0 Å². The molecule has 8 nitrogen and oxygen atoms in total. The number of nitrogens with zero attached hydrogens (tertiary/aromatic N) is 7. The van der Waals surface area contributed by atoms with Gasteiger partial charge in [0.1, 0.15) is 24.0 Å². The first-order valence-corrected chi connectivity index (χ1v) is 10.7. The molecule has 8 heteroatoms. The number of nitrogens with one attached hydrogen (secondary N) is 1. The second-order valence-electron chi connectivity index (χ2n) is 8.68. The van der Waals surface area contributed by atoms with Gasteiger partial charge in [-0.3, -0.25) is 0 Å². The minimum absolute atomic E-state index is 0.289. The normalized spacial score (nSPS) is 18.3. The van der Waals surface area contributed by atoms with Gasteiger partial charge in [0.25, 0.3) is 0 Å². The predicted molar refractivity (Wildman–Crippen MR) is 120 cm³/mol. The van der Waals surface area contributed by atoms with E-state index in [-0.39, 0.29) is 5.69 Å². The van der Waals surface area contributed by atoms with E-state index >= 15 is 0 Å². The van der Waals surface area contributed by atoms with E-state index in [1.165, 1.54) is 50.4 Å². The molecule has 0 aliphatic carbocycles. The number of aromatic nitrogens is 4. The molecule has 0 atom stereocenters. The molecule has 0 bridgehead atoms. The van der Waals surface area contributed by atoms with E-state index in [9.17, 15) is 0 Å². The van der Waals surface area contributed by atoms with Crippen LogP contribution in [0.1, 0.15) is 25.0 Å². The first-order valence-electron chi connectivity index (χ1n) is 10.7. The van der Waals surface area contributed by atoms with Gasteiger partial charge >= 0.3 is 0 Å². The number of hydrogen-bond acceptors (Lipinski definition) is 7. The van der Waals surface area contributed by atoms with Crippen LogP contribution in [0.25, 0.3) is 5.69 Å². The Morgan fingerprint density at radius 3 is 2.58 bits per heavy atom. The third-order valence-electron chi connectivity index (χ3n) is 6.58. The molecule has 2 fully saturated rings. The summed E-state index contributed by atoms with van der Waals surface area (Å²) in [5.74, 6) is 1.23. The molecule has 2 aliphatic rings. The molecule has 5 rings (SSSR count). The summed E-state index contributed by atoms with van der Waals surface area (Å²) in [6.45, 7) is 4.70. The van der Waals surface area contributed by atoms with E-state index in [0.29, 0.717) is 17.1 Å². The number of anilines is 3. The van der Waals surface area contributed by atoms with E-state index in [2.05, 4.69) is 61.4 Å². The molecule has 0 saturated carbocycles. The van der Waals surface area contributed by atoms with Crippen LogP contribution in [0.15, 0.2) is 49.2 Å². The third-order valence-corrected chi connectivity index (χ3v) is 6.58. The van der Waals surface area contributed by atoms with Crippen molar-refractivity contribution in [2.24, 2.45) is 5.41 Å². The van der Waals surface area contributed by atoms with Crippen molar-refractivity contribution in [1.82, 2.24) is 24.4 Å². The monoisotopic (exact) mass is 414 g/mol. The number of benzene rings is 1. The summed E-state index contributed by atoms with van der Waals surface area (Å²) in [5, 5.41) is 12.0. The average Bonchev–Trinajstić information content (AvgIpc) is 3.45. The lowest BCUT2D eigenvalue weighted by Crippen LogP contribution is -2.39. The number of piperidine rings is 1. The summed E-state index contributed by atoms with van der Waals surface area (Å²) in [7, 11) is 2.23. The topological polar surface area (TPSA) is 85.9 Å². The van der Waals surface area contributed by atoms with Gasteiger partial charge < -0.3 is 19.7 Å². The van der Waals surface area contributed by atoms with Crippen molar-refractivity contribution in [3.63, 3.8) is 0 Å². The minimum Gasteiger partial charge on any atom is -0.371 e. The number of rotatable bonds is 4. The van der Waals surface area contributed by atoms with Crippen LogP contribution < -0.4 is 10.2 Å². The Bertz CT molecular complexity index is 1090. The van der Waals surface area contributed by atoms with Crippen LogP contribution in [0, 0.1) is 16.7 Å². The van der Waals surface area contributed by atoms with E-state index in [1.54, 1.807) is 6.33 Å². The summed E-state index contributed by atoms with van der Waals surface area (Å²) in [4.78, 5) is 17.6. The summed E-state index contributed by atoms with van der Waals surface area (Å²) < 4.78 is 2.00. The van der Waals surface area contributed by atoms with Crippen LogP contribution in [0.2, 0.25) is 0 Å². The average molecular weight is 415 g/mol. The first-order chi connectivity index (χ1) is 15.1. The molecule has 2 saturated heterocycles. The molecule has 2 aromatic heterocycles. The lowest BCUT2D eigenvalue weighted by Gasteiger charge is -2.37. The van der Waals surface area contributed by atoms with E-state index in [0.717, 1.165) is 18.8 Å². The van der Waals surface area contributed by atoms with E-state index in [1.807, 2.05) is 16.8 Å². The SMILES string of the molecule is CN1CCC2(CC1)CCN(c1cccc(-n3cnc(Nc4cnc(C#N)cn4)c3)c1)C2. The van der Waals surface area contributed by atoms with Gasteiger partial charge in [-0.1, -0.05) is 6.07 Å². The molecule has 0 radical (unpaired) electrons. The van der Waals surface area contributed by atoms with Gasteiger partial charge in [-0.15, -0.1) is 0 Å². The van der Waals surface area contributed by atoms with Crippen LogP contribution in [0.3, 0.4) is 0 Å². The highest BCUT2D eigenvalue weighted by molar-refractivity contribution is 5.56. The van der Waals surface area contributed by atoms with Crippen molar-refractivity contribution in [2.45, 2.75) is 19.3 Å². The zero-order valence-electron chi connectivity index (χ0n) is 17.7. The van der Waals surface area contributed by atoms with Crippen molar-refractivity contribution in [3.8, 4) is 11.8 Å². The Morgan fingerprint density at radius 1 is 1.00 bits per heavy atom. The Hall–Kier alpha value is -3.44. The smallest absolute Gasteiger partial charge is 0.158 e. The highest BCUT2D eigenvalue weighted by Crippen LogP contribution is 2.41. The molecular weight excluding hydrogens is 388 g/mol. The van der Waals surface area contributed by atoms with Crippen molar-refractivity contribution >= 4 is 17.3 Å². The molecule has 31 heavy (non-hydrogen) atoms. The van der Waals surface area contributed by atoms with Crippen LogP contribution in [-0.4, -0.2) is 57.6 Å². The van der Waals surface area contributed by atoms with Gasteiger partial charge in [0.15, 0.2) is 5.69 Å². The molecule has 1 N–H and O–H groups in total. The van der Waals surface area contributed by atoms with E-state index < -0.39 is 0 Å².